The van der Waals surface area contributed by atoms with Crippen molar-refractivity contribution in [3.63, 3.8) is 0 Å². The molecule has 0 saturated carbocycles. The first-order valence-corrected chi connectivity index (χ1v) is 8.55. The Labute approximate surface area is 145 Å². The van der Waals surface area contributed by atoms with E-state index in [4.69, 9.17) is 4.42 Å². The van der Waals surface area contributed by atoms with Crippen LogP contribution in [-0.2, 0) is 0 Å². The lowest BCUT2D eigenvalue weighted by molar-refractivity contribution is 0.646. The molecule has 25 heavy (non-hydrogen) atoms. The minimum Gasteiger partial charge on any atom is -0.437 e. The van der Waals surface area contributed by atoms with Crippen molar-refractivity contribution in [1.29, 1.82) is 0 Å². The largest absolute Gasteiger partial charge is 0.437 e. The number of nitrogens with one attached hydrogen (secondary N) is 1. The molecule has 3 heterocycles. The molecule has 6 heteroatoms. The highest BCUT2D eigenvalue weighted by atomic mass is 32.1. The van der Waals surface area contributed by atoms with Gasteiger partial charge in [-0.25, -0.2) is 0 Å². The highest BCUT2D eigenvalue weighted by Gasteiger charge is 2.13. The summed E-state index contributed by atoms with van der Waals surface area (Å²) in [5.74, 6) is 0. The van der Waals surface area contributed by atoms with Gasteiger partial charge in [0.15, 0.2) is 10.8 Å². The smallest absolute Gasteiger partial charge is 0.232 e. The van der Waals surface area contributed by atoms with E-state index in [9.17, 15) is 4.79 Å². The monoisotopic (exact) mass is 345 g/mol. The minimum atomic E-state index is -0.0720. The van der Waals surface area contributed by atoms with Crippen LogP contribution in [0.25, 0.3) is 32.4 Å². The maximum Gasteiger partial charge on any atom is 0.232 e. The Morgan fingerprint density at radius 2 is 1.72 bits per heavy atom. The second-order valence-corrected chi connectivity index (χ2v) is 6.63. The Bertz CT molecular complexity index is 1290. The van der Waals surface area contributed by atoms with E-state index in [0.29, 0.717) is 27.7 Å². The molecule has 0 atom stereocenters. The van der Waals surface area contributed by atoms with Crippen LogP contribution >= 0.6 is 11.3 Å². The highest BCUT2D eigenvalue weighted by Crippen LogP contribution is 2.29. The van der Waals surface area contributed by atoms with Gasteiger partial charge in [0.1, 0.15) is 5.58 Å². The second-order valence-electron chi connectivity index (χ2n) is 5.60. The van der Waals surface area contributed by atoms with Crippen LogP contribution in [-0.4, -0.2) is 9.97 Å². The average Bonchev–Trinajstić information content (AvgIpc) is 3.02. The molecule has 0 aliphatic rings. The van der Waals surface area contributed by atoms with Gasteiger partial charge in [0, 0.05) is 5.69 Å². The first-order valence-electron chi connectivity index (χ1n) is 7.73. The number of hydrogen-bond donors (Lipinski definition) is 1. The molecule has 3 aromatic heterocycles. The number of thiazole rings is 1. The van der Waals surface area contributed by atoms with E-state index in [2.05, 4.69) is 15.3 Å². The summed E-state index contributed by atoms with van der Waals surface area (Å²) in [6.45, 7) is 0. The van der Waals surface area contributed by atoms with E-state index < -0.39 is 0 Å². The second kappa shape index (κ2) is 5.39. The predicted molar refractivity (Wildman–Crippen MR) is 101 cm³/mol. The lowest BCUT2D eigenvalue weighted by Crippen LogP contribution is -2.02. The number of pyridine rings is 1. The van der Waals surface area contributed by atoms with Crippen molar-refractivity contribution in [2.45, 2.75) is 0 Å². The molecule has 5 aromatic rings. The molecule has 0 aliphatic carbocycles. The first kappa shape index (κ1) is 14.1. The van der Waals surface area contributed by atoms with Crippen molar-refractivity contribution >= 4 is 54.6 Å². The van der Waals surface area contributed by atoms with Crippen molar-refractivity contribution in [3.8, 4) is 0 Å². The molecule has 0 radical (unpaired) electrons. The average molecular weight is 345 g/mol. The number of hydrogen-bond acceptors (Lipinski definition) is 6. The van der Waals surface area contributed by atoms with Gasteiger partial charge in [-0.1, -0.05) is 41.7 Å². The summed E-state index contributed by atoms with van der Waals surface area (Å²) in [5, 5.41) is 5.01. The normalized spacial score (nSPS) is 11.4. The van der Waals surface area contributed by atoms with Gasteiger partial charge in [-0.05, 0) is 30.3 Å². The van der Waals surface area contributed by atoms with Gasteiger partial charge in [-0.2, -0.15) is 9.97 Å². The van der Waals surface area contributed by atoms with Crippen molar-refractivity contribution in [3.05, 3.63) is 70.9 Å². The van der Waals surface area contributed by atoms with Gasteiger partial charge in [0.2, 0.25) is 11.1 Å². The molecule has 0 saturated heterocycles. The molecule has 0 bridgehead atoms. The Balaban J connectivity index is 1.71. The third-order valence-electron chi connectivity index (χ3n) is 3.96. The van der Waals surface area contributed by atoms with Crippen LogP contribution in [0.1, 0.15) is 0 Å². The van der Waals surface area contributed by atoms with Crippen LogP contribution < -0.4 is 10.7 Å². The molecule has 5 rings (SSSR count). The Hall–Kier alpha value is -3.25. The molecular formula is C19H11N3O2S. The molecular weight excluding hydrogens is 334 g/mol. The highest BCUT2D eigenvalue weighted by molar-refractivity contribution is 7.22. The number of benzene rings is 2. The Kier molecular flexibility index (Phi) is 3.05. The van der Waals surface area contributed by atoms with Gasteiger partial charge >= 0.3 is 0 Å². The topological polar surface area (TPSA) is 68.0 Å². The summed E-state index contributed by atoms with van der Waals surface area (Å²) in [5.41, 5.74) is 2.29. The van der Waals surface area contributed by atoms with E-state index >= 15 is 0 Å². The van der Waals surface area contributed by atoms with E-state index in [0.717, 1.165) is 15.5 Å². The predicted octanol–water partition coefficient (Wildman–Crippen LogP) is 4.69. The van der Waals surface area contributed by atoms with Crippen LogP contribution in [0.15, 0.2) is 69.9 Å². The fourth-order valence-corrected chi connectivity index (χ4v) is 3.65. The molecule has 5 nitrogen and oxygen atoms in total. The molecule has 0 amide bonds. The maximum atomic E-state index is 12.7. The van der Waals surface area contributed by atoms with Crippen molar-refractivity contribution in [2.24, 2.45) is 0 Å². The zero-order chi connectivity index (χ0) is 16.8. The standard InChI is InChI=1S/C19H11N3O2S/c23-16-12-8-4-5-9-14(12)24-18-13(16)10-15-17(21-18)22-19(25-15)20-11-6-2-1-3-7-11/h1-10H,(H,20,21,22). The molecule has 2 aromatic carbocycles. The van der Waals surface area contributed by atoms with Crippen molar-refractivity contribution < 1.29 is 4.42 Å². The van der Waals surface area contributed by atoms with Crippen LogP contribution in [0.3, 0.4) is 0 Å². The van der Waals surface area contributed by atoms with Crippen LogP contribution in [0.2, 0.25) is 0 Å². The quantitative estimate of drug-likeness (QED) is 0.470. The zero-order valence-corrected chi connectivity index (χ0v) is 13.7. The van der Waals surface area contributed by atoms with E-state index in [-0.39, 0.29) is 5.43 Å². The summed E-state index contributed by atoms with van der Waals surface area (Å²) < 4.78 is 6.64. The van der Waals surface area contributed by atoms with Crippen LogP contribution in [0, 0.1) is 0 Å². The third kappa shape index (κ3) is 2.35. The maximum absolute atomic E-state index is 12.7. The Morgan fingerprint density at radius 1 is 0.920 bits per heavy atom. The molecule has 0 unspecified atom stereocenters. The number of rotatable bonds is 2. The van der Waals surface area contributed by atoms with Gasteiger partial charge in [0.25, 0.3) is 0 Å². The number of para-hydroxylation sites is 2. The number of anilines is 2. The van der Waals surface area contributed by atoms with E-state index in [1.807, 2.05) is 48.5 Å². The summed E-state index contributed by atoms with van der Waals surface area (Å²) in [4.78, 5) is 21.6. The third-order valence-corrected chi connectivity index (χ3v) is 4.86. The molecule has 0 fully saturated rings. The zero-order valence-electron chi connectivity index (χ0n) is 12.9. The lowest BCUT2D eigenvalue weighted by Gasteiger charge is -1.99. The summed E-state index contributed by atoms with van der Waals surface area (Å²) in [7, 11) is 0. The summed E-state index contributed by atoms with van der Waals surface area (Å²) >= 11 is 1.46. The molecule has 120 valence electrons. The number of aromatic nitrogens is 2. The summed E-state index contributed by atoms with van der Waals surface area (Å²) in [6.07, 6.45) is 0. The number of fused-ring (bicyclic) bond motifs is 3. The van der Waals surface area contributed by atoms with Crippen LogP contribution in [0.5, 0.6) is 0 Å². The van der Waals surface area contributed by atoms with E-state index in [1.54, 1.807) is 12.1 Å². The SMILES string of the molecule is O=c1c2ccccc2oc2nc3nc(Nc4ccccc4)sc3cc12. The van der Waals surface area contributed by atoms with Crippen molar-refractivity contribution in [2.75, 3.05) is 5.32 Å². The minimum absolute atomic E-state index is 0.0720. The molecule has 1 N–H and O–H groups in total. The number of nitrogens with zero attached hydrogens (tertiary/aromatic N) is 2. The molecule has 0 aliphatic heterocycles. The van der Waals surface area contributed by atoms with Gasteiger partial charge < -0.3 is 9.73 Å². The first-order chi connectivity index (χ1) is 12.3. The summed E-state index contributed by atoms with van der Waals surface area (Å²) in [6, 6.07) is 18.8. The van der Waals surface area contributed by atoms with Gasteiger partial charge in [0.05, 0.1) is 15.5 Å². The fourth-order valence-electron chi connectivity index (χ4n) is 2.78. The van der Waals surface area contributed by atoms with Crippen molar-refractivity contribution in [1.82, 2.24) is 9.97 Å². The molecule has 0 spiro atoms. The van der Waals surface area contributed by atoms with Crippen LogP contribution in [0.4, 0.5) is 10.8 Å². The van der Waals surface area contributed by atoms with Gasteiger partial charge in [-0.15, -0.1) is 0 Å². The lowest BCUT2D eigenvalue weighted by atomic mass is 10.2. The fraction of sp³-hybridized carbons (Fsp3) is 0. The van der Waals surface area contributed by atoms with E-state index in [1.165, 1.54) is 11.3 Å². The Morgan fingerprint density at radius 3 is 2.60 bits per heavy atom. The van der Waals surface area contributed by atoms with Gasteiger partial charge in [-0.3, -0.25) is 4.79 Å².